The number of fused-ring (bicyclic) bond motifs is 1. The van der Waals surface area contributed by atoms with Crippen molar-refractivity contribution in [1.29, 1.82) is 0 Å². The van der Waals surface area contributed by atoms with Gasteiger partial charge in [0, 0.05) is 16.1 Å². The van der Waals surface area contributed by atoms with Gasteiger partial charge in [-0.05, 0) is 30.3 Å². The van der Waals surface area contributed by atoms with E-state index >= 15 is 0 Å². The van der Waals surface area contributed by atoms with Gasteiger partial charge in [0.1, 0.15) is 17.5 Å². The van der Waals surface area contributed by atoms with Crippen LogP contribution in [0.1, 0.15) is 0 Å². The minimum Gasteiger partial charge on any atom is -0.338 e. The maximum absolute atomic E-state index is 13.1. The largest absolute Gasteiger partial charge is 0.338 e. The summed E-state index contributed by atoms with van der Waals surface area (Å²) in [6.45, 7) is 0. The average Bonchev–Trinajstić information content (AvgIpc) is 2.70. The lowest BCUT2D eigenvalue weighted by Crippen LogP contribution is -1.85. The van der Waals surface area contributed by atoms with Crippen molar-refractivity contribution in [3.63, 3.8) is 0 Å². The van der Waals surface area contributed by atoms with Crippen LogP contribution < -0.4 is 0 Å². The molecule has 0 unspecified atom stereocenters. The minimum absolute atomic E-state index is 0.389. The minimum atomic E-state index is -0.619. The van der Waals surface area contributed by atoms with E-state index in [9.17, 15) is 8.78 Å². The Hall–Kier alpha value is -1.75. The van der Waals surface area contributed by atoms with E-state index in [1.54, 1.807) is 0 Å². The molecule has 5 heteroatoms. The fraction of sp³-hybridized carbons (Fsp3) is 0. The fourth-order valence-corrected chi connectivity index (χ4v) is 2.17. The first-order chi connectivity index (χ1) is 8.61. The highest BCUT2D eigenvalue weighted by Crippen LogP contribution is 2.24. The van der Waals surface area contributed by atoms with Gasteiger partial charge in [0.15, 0.2) is 0 Å². The number of hydrogen-bond acceptors (Lipinski definition) is 1. The molecule has 0 atom stereocenters. The summed E-state index contributed by atoms with van der Waals surface area (Å²) in [6.07, 6.45) is 0. The number of imidazole rings is 1. The van der Waals surface area contributed by atoms with Gasteiger partial charge in [-0.2, -0.15) is 0 Å². The molecule has 0 saturated carbocycles. The van der Waals surface area contributed by atoms with Gasteiger partial charge in [0.25, 0.3) is 0 Å². The van der Waals surface area contributed by atoms with Crippen LogP contribution in [0.25, 0.3) is 22.4 Å². The Balaban J connectivity index is 2.19. The Kier molecular flexibility index (Phi) is 2.63. The van der Waals surface area contributed by atoms with E-state index in [-0.39, 0.29) is 0 Å². The van der Waals surface area contributed by atoms with Crippen LogP contribution in [-0.4, -0.2) is 9.97 Å². The Labute approximate surface area is 110 Å². The van der Waals surface area contributed by atoms with Crippen LogP contribution in [-0.2, 0) is 0 Å². The van der Waals surface area contributed by atoms with Crippen molar-refractivity contribution in [2.75, 3.05) is 0 Å². The van der Waals surface area contributed by atoms with Crippen LogP contribution in [0.5, 0.6) is 0 Å². The molecule has 3 rings (SSSR count). The Morgan fingerprint density at radius 3 is 2.44 bits per heavy atom. The topological polar surface area (TPSA) is 28.7 Å². The molecule has 0 radical (unpaired) electrons. The van der Waals surface area contributed by atoms with E-state index in [2.05, 4.69) is 25.9 Å². The first-order valence-corrected chi connectivity index (χ1v) is 6.03. The van der Waals surface area contributed by atoms with Crippen molar-refractivity contribution >= 4 is 27.0 Å². The molecule has 0 bridgehead atoms. The summed E-state index contributed by atoms with van der Waals surface area (Å²) >= 11 is 3.35. The van der Waals surface area contributed by atoms with E-state index in [1.165, 1.54) is 12.1 Å². The number of benzene rings is 2. The quantitative estimate of drug-likeness (QED) is 0.714. The van der Waals surface area contributed by atoms with E-state index in [1.807, 2.05) is 18.2 Å². The summed E-state index contributed by atoms with van der Waals surface area (Å²) in [7, 11) is 0. The van der Waals surface area contributed by atoms with E-state index in [4.69, 9.17) is 0 Å². The first kappa shape index (κ1) is 11.3. The van der Waals surface area contributed by atoms with Crippen LogP contribution in [0.3, 0.4) is 0 Å². The molecule has 1 heterocycles. The zero-order valence-corrected chi connectivity index (χ0v) is 10.6. The van der Waals surface area contributed by atoms with Crippen molar-refractivity contribution in [2.45, 2.75) is 0 Å². The lowest BCUT2D eigenvalue weighted by atomic mass is 10.2. The SMILES string of the molecule is Fc1cc(F)cc(-c2nc3ccc(Br)cc3[nH]2)c1. The molecular weight excluding hydrogens is 302 g/mol. The molecule has 1 N–H and O–H groups in total. The maximum Gasteiger partial charge on any atom is 0.138 e. The second-order valence-corrected chi connectivity index (χ2v) is 4.82. The normalized spacial score (nSPS) is 11.1. The summed E-state index contributed by atoms with van der Waals surface area (Å²) in [5, 5.41) is 0. The van der Waals surface area contributed by atoms with E-state index < -0.39 is 11.6 Å². The van der Waals surface area contributed by atoms with Crippen molar-refractivity contribution in [1.82, 2.24) is 9.97 Å². The second kappa shape index (κ2) is 4.17. The molecule has 0 aliphatic rings. The van der Waals surface area contributed by atoms with Crippen molar-refractivity contribution in [3.8, 4) is 11.4 Å². The predicted octanol–water partition coefficient (Wildman–Crippen LogP) is 4.27. The van der Waals surface area contributed by atoms with E-state index in [0.717, 1.165) is 21.6 Å². The highest BCUT2D eigenvalue weighted by Gasteiger charge is 2.08. The van der Waals surface area contributed by atoms with Gasteiger partial charge in [-0.25, -0.2) is 13.8 Å². The molecule has 2 aromatic carbocycles. The van der Waals surface area contributed by atoms with E-state index in [0.29, 0.717) is 11.4 Å². The van der Waals surface area contributed by atoms with Crippen molar-refractivity contribution < 1.29 is 8.78 Å². The van der Waals surface area contributed by atoms with Crippen LogP contribution in [0.15, 0.2) is 40.9 Å². The number of aromatic amines is 1. The zero-order chi connectivity index (χ0) is 12.7. The molecule has 0 saturated heterocycles. The molecule has 90 valence electrons. The number of nitrogens with one attached hydrogen (secondary N) is 1. The number of hydrogen-bond donors (Lipinski definition) is 1. The first-order valence-electron chi connectivity index (χ1n) is 5.23. The molecule has 1 aromatic heterocycles. The monoisotopic (exact) mass is 308 g/mol. The van der Waals surface area contributed by atoms with Crippen LogP contribution in [0.4, 0.5) is 8.78 Å². The smallest absolute Gasteiger partial charge is 0.138 e. The summed E-state index contributed by atoms with van der Waals surface area (Å²) in [6, 6.07) is 8.88. The Morgan fingerprint density at radius 2 is 1.72 bits per heavy atom. The molecule has 0 amide bonds. The summed E-state index contributed by atoms with van der Waals surface area (Å²) in [4.78, 5) is 7.33. The molecule has 0 fully saturated rings. The van der Waals surface area contributed by atoms with Crippen LogP contribution in [0, 0.1) is 11.6 Å². The Bertz CT molecular complexity index is 717. The second-order valence-electron chi connectivity index (χ2n) is 3.91. The van der Waals surface area contributed by atoms with Gasteiger partial charge < -0.3 is 4.98 Å². The summed E-state index contributed by atoms with van der Waals surface area (Å²) in [5.41, 5.74) is 1.95. The average molecular weight is 309 g/mol. The third-order valence-corrected chi connectivity index (χ3v) is 3.07. The highest BCUT2D eigenvalue weighted by molar-refractivity contribution is 9.10. The van der Waals surface area contributed by atoms with Crippen molar-refractivity contribution in [3.05, 3.63) is 52.5 Å². The third-order valence-electron chi connectivity index (χ3n) is 2.58. The van der Waals surface area contributed by atoms with Crippen LogP contribution in [0.2, 0.25) is 0 Å². The zero-order valence-electron chi connectivity index (χ0n) is 9.05. The molecule has 3 aromatic rings. The molecular formula is C13H7BrF2N2. The summed E-state index contributed by atoms with van der Waals surface area (Å²) in [5.74, 6) is -0.792. The number of nitrogens with zero attached hydrogens (tertiary/aromatic N) is 1. The van der Waals surface area contributed by atoms with Gasteiger partial charge in [-0.15, -0.1) is 0 Å². The number of halogens is 3. The molecule has 0 spiro atoms. The van der Waals surface area contributed by atoms with Gasteiger partial charge >= 0.3 is 0 Å². The number of aromatic nitrogens is 2. The lowest BCUT2D eigenvalue weighted by Gasteiger charge is -1.97. The fourth-order valence-electron chi connectivity index (χ4n) is 1.81. The molecule has 0 aliphatic heterocycles. The lowest BCUT2D eigenvalue weighted by molar-refractivity contribution is 0.584. The van der Waals surface area contributed by atoms with Gasteiger partial charge in [0.05, 0.1) is 11.0 Å². The van der Waals surface area contributed by atoms with Gasteiger partial charge in [-0.1, -0.05) is 15.9 Å². The predicted molar refractivity (Wildman–Crippen MR) is 69.1 cm³/mol. The third kappa shape index (κ3) is 2.01. The Morgan fingerprint density at radius 1 is 1.00 bits per heavy atom. The number of rotatable bonds is 1. The van der Waals surface area contributed by atoms with Gasteiger partial charge in [-0.3, -0.25) is 0 Å². The molecule has 2 nitrogen and oxygen atoms in total. The molecule has 0 aliphatic carbocycles. The number of H-pyrrole nitrogens is 1. The standard InChI is InChI=1S/C13H7BrF2N2/c14-8-1-2-11-12(5-8)18-13(17-11)7-3-9(15)6-10(16)4-7/h1-6H,(H,17,18). The molecule has 18 heavy (non-hydrogen) atoms. The highest BCUT2D eigenvalue weighted by atomic mass is 79.9. The van der Waals surface area contributed by atoms with Crippen molar-refractivity contribution in [2.24, 2.45) is 0 Å². The maximum atomic E-state index is 13.1. The van der Waals surface area contributed by atoms with Gasteiger partial charge in [0.2, 0.25) is 0 Å². The summed E-state index contributed by atoms with van der Waals surface area (Å²) < 4.78 is 27.2. The van der Waals surface area contributed by atoms with Crippen LogP contribution >= 0.6 is 15.9 Å².